The van der Waals surface area contributed by atoms with Crippen LogP contribution < -0.4 is 5.32 Å². The zero-order chi connectivity index (χ0) is 14.0. The molecule has 100 valence electrons. The molecule has 2 rings (SSSR count). The van der Waals surface area contributed by atoms with Crippen molar-refractivity contribution in [1.82, 2.24) is 15.0 Å². The molecule has 0 radical (unpaired) electrons. The van der Waals surface area contributed by atoms with E-state index in [-0.39, 0.29) is 0 Å². The highest BCUT2D eigenvalue weighted by Gasteiger charge is 2.14. The average Bonchev–Trinajstić information content (AvgIpc) is 2.35. The van der Waals surface area contributed by atoms with Gasteiger partial charge in [-0.15, -0.1) is 0 Å². The van der Waals surface area contributed by atoms with Crippen molar-refractivity contribution in [2.24, 2.45) is 0 Å². The lowest BCUT2D eigenvalue weighted by Crippen LogP contribution is -2.05. The van der Waals surface area contributed by atoms with Crippen LogP contribution in [0.25, 0.3) is 11.5 Å². The van der Waals surface area contributed by atoms with E-state index in [2.05, 4.69) is 36.2 Å². The Morgan fingerprint density at radius 3 is 2.68 bits per heavy atom. The van der Waals surface area contributed by atoms with Gasteiger partial charge in [-0.3, -0.25) is 0 Å². The quantitative estimate of drug-likeness (QED) is 0.882. The summed E-state index contributed by atoms with van der Waals surface area (Å²) in [7, 11) is 0. The summed E-state index contributed by atoms with van der Waals surface area (Å²) in [5.74, 6) is 1.19. The summed E-state index contributed by atoms with van der Waals surface area (Å²) in [4.78, 5) is 13.0. The van der Waals surface area contributed by atoms with Gasteiger partial charge in [-0.25, -0.2) is 15.0 Å². The fraction of sp³-hybridized carbons (Fsp3) is 0.250. The van der Waals surface area contributed by atoms with E-state index < -0.39 is 0 Å². The van der Waals surface area contributed by atoms with Crippen molar-refractivity contribution in [2.75, 3.05) is 11.9 Å². The molecule has 7 heteroatoms. The van der Waals surface area contributed by atoms with Crippen molar-refractivity contribution in [2.45, 2.75) is 13.8 Å². The van der Waals surface area contributed by atoms with Crippen LogP contribution in [-0.2, 0) is 0 Å². The molecule has 0 atom stereocenters. The highest BCUT2D eigenvalue weighted by molar-refractivity contribution is 9.10. The fourth-order valence-electron chi connectivity index (χ4n) is 1.53. The Labute approximate surface area is 129 Å². The third-order valence-electron chi connectivity index (χ3n) is 2.38. The van der Waals surface area contributed by atoms with Gasteiger partial charge in [-0.05, 0) is 35.8 Å². The normalized spacial score (nSPS) is 10.6. The lowest BCUT2D eigenvalue weighted by Gasteiger charge is -2.10. The molecule has 0 saturated carbocycles. The van der Waals surface area contributed by atoms with E-state index in [1.54, 1.807) is 6.07 Å². The molecular weight excluding hydrogens is 351 g/mol. The molecular formula is C12H11BrCl2N4. The summed E-state index contributed by atoms with van der Waals surface area (Å²) >= 11 is 15.4. The van der Waals surface area contributed by atoms with Crippen LogP contribution in [0.5, 0.6) is 0 Å². The van der Waals surface area contributed by atoms with Crippen LogP contribution in [0.15, 0.2) is 16.7 Å². The van der Waals surface area contributed by atoms with Gasteiger partial charge in [-0.1, -0.05) is 23.2 Å². The van der Waals surface area contributed by atoms with Gasteiger partial charge in [0.2, 0.25) is 0 Å². The number of anilines is 1. The molecule has 0 aromatic carbocycles. The maximum atomic E-state index is 6.13. The minimum atomic E-state index is 0.427. The molecule has 1 N–H and O–H groups in total. The second-order valence-electron chi connectivity index (χ2n) is 3.81. The maximum Gasteiger partial charge on any atom is 0.182 e. The summed E-state index contributed by atoms with van der Waals surface area (Å²) in [6.07, 6.45) is 1.52. The van der Waals surface area contributed by atoms with Crippen molar-refractivity contribution in [3.8, 4) is 11.5 Å². The lowest BCUT2D eigenvalue weighted by atomic mass is 10.3. The second-order valence-corrected chi connectivity index (χ2v) is 5.45. The summed E-state index contributed by atoms with van der Waals surface area (Å²) in [6, 6.07) is 1.62. The molecule has 0 spiro atoms. The molecule has 2 aromatic heterocycles. The first-order chi connectivity index (χ1) is 9.02. The van der Waals surface area contributed by atoms with Gasteiger partial charge in [0.05, 0.1) is 20.2 Å². The molecule has 2 aromatic rings. The Morgan fingerprint density at radius 2 is 2.05 bits per heavy atom. The first-order valence-electron chi connectivity index (χ1n) is 5.62. The Balaban J connectivity index is 2.56. The Bertz CT molecular complexity index is 619. The monoisotopic (exact) mass is 360 g/mol. The third kappa shape index (κ3) is 3.16. The Kier molecular flexibility index (Phi) is 4.60. The topological polar surface area (TPSA) is 50.7 Å². The molecule has 0 aliphatic heterocycles. The van der Waals surface area contributed by atoms with Crippen molar-refractivity contribution in [3.05, 3.63) is 32.5 Å². The van der Waals surface area contributed by atoms with Crippen LogP contribution in [-0.4, -0.2) is 21.5 Å². The molecule has 0 fully saturated rings. The summed E-state index contributed by atoms with van der Waals surface area (Å²) in [5.41, 5.74) is 1.33. The van der Waals surface area contributed by atoms with E-state index in [4.69, 9.17) is 23.2 Å². The zero-order valence-electron chi connectivity index (χ0n) is 10.3. The van der Waals surface area contributed by atoms with E-state index in [0.717, 1.165) is 22.5 Å². The number of hydrogen-bond acceptors (Lipinski definition) is 4. The standard InChI is InChI=1S/C12H11BrCl2N4/c1-3-16-11-9(13)6(2)18-12(19-11)10-8(15)4-7(14)5-17-10/h4-5H,3H2,1-2H3,(H,16,18,19). The van der Waals surface area contributed by atoms with Crippen molar-refractivity contribution in [3.63, 3.8) is 0 Å². The predicted molar refractivity (Wildman–Crippen MR) is 81.9 cm³/mol. The second kappa shape index (κ2) is 6.03. The summed E-state index contributed by atoms with van der Waals surface area (Å²) in [6.45, 7) is 4.65. The van der Waals surface area contributed by atoms with Gasteiger partial charge in [0.25, 0.3) is 0 Å². The zero-order valence-corrected chi connectivity index (χ0v) is 13.4. The molecule has 0 saturated heterocycles. The number of pyridine rings is 1. The highest BCUT2D eigenvalue weighted by atomic mass is 79.9. The average molecular weight is 362 g/mol. The molecule has 19 heavy (non-hydrogen) atoms. The van der Waals surface area contributed by atoms with Gasteiger partial charge < -0.3 is 5.32 Å². The number of rotatable bonds is 3. The number of nitrogens with one attached hydrogen (secondary N) is 1. The van der Waals surface area contributed by atoms with Crippen molar-refractivity contribution >= 4 is 44.9 Å². The number of halogens is 3. The first kappa shape index (κ1) is 14.5. The van der Waals surface area contributed by atoms with Crippen molar-refractivity contribution < 1.29 is 0 Å². The maximum absolute atomic E-state index is 6.13. The lowest BCUT2D eigenvalue weighted by molar-refractivity contribution is 1.05. The Hall–Kier alpha value is -0.910. The van der Waals surface area contributed by atoms with Crippen LogP contribution in [0.1, 0.15) is 12.6 Å². The summed E-state index contributed by atoms with van der Waals surface area (Å²) < 4.78 is 0.836. The van der Waals surface area contributed by atoms with Gasteiger partial charge in [0.1, 0.15) is 11.5 Å². The molecule has 2 heterocycles. The Morgan fingerprint density at radius 1 is 1.32 bits per heavy atom. The number of hydrogen-bond donors (Lipinski definition) is 1. The number of nitrogens with zero attached hydrogens (tertiary/aromatic N) is 3. The largest absolute Gasteiger partial charge is 0.369 e. The fourth-order valence-corrected chi connectivity index (χ4v) is 2.31. The molecule has 4 nitrogen and oxygen atoms in total. The van der Waals surface area contributed by atoms with E-state index in [9.17, 15) is 0 Å². The van der Waals surface area contributed by atoms with Crippen molar-refractivity contribution in [1.29, 1.82) is 0 Å². The molecule has 0 aliphatic rings. The van der Waals surface area contributed by atoms with Gasteiger partial charge in [-0.2, -0.15) is 0 Å². The molecule has 0 unspecified atom stereocenters. The third-order valence-corrected chi connectivity index (χ3v) is 3.82. The van der Waals surface area contributed by atoms with Crippen LogP contribution in [0.2, 0.25) is 10.0 Å². The van der Waals surface area contributed by atoms with Crippen LogP contribution >= 0.6 is 39.1 Å². The number of aryl methyl sites for hydroxylation is 1. The molecule has 0 bridgehead atoms. The van der Waals surface area contributed by atoms with Crippen LogP contribution in [0.3, 0.4) is 0 Å². The minimum Gasteiger partial charge on any atom is -0.369 e. The smallest absolute Gasteiger partial charge is 0.182 e. The van der Waals surface area contributed by atoms with E-state index >= 15 is 0 Å². The highest BCUT2D eigenvalue weighted by Crippen LogP contribution is 2.30. The van der Waals surface area contributed by atoms with E-state index in [0.29, 0.717) is 21.6 Å². The van der Waals surface area contributed by atoms with Crippen LogP contribution in [0.4, 0.5) is 5.82 Å². The first-order valence-corrected chi connectivity index (χ1v) is 7.17. The molecule has 0 amide bonds. The van der Waals surface area contributed by atoms with E-state index in [1.165, 1.54) is 6.20 Å². The number of aromatic nitrogens is 3. The summed E-state index contributed by atoms with van der Waals surface area (Å²) in [5, 5.41) is 4.07. The van der Waals surface area contributed by atoms with Gasteiger partial charge in [0, 0.05) is 12.7 Å². The van der Waals surface area contributed by atoms with Crippen LogP contribution in [0, 0.1) is 6.92 Å². The molecule has 0 aliphatic carbocycles. The van der Waals surface area contributed by atoms with E-state index in [1.807, 2.05) is 13.8 Å². The predicted octanol–water partition coefficient (Wildman–Crippen LogP) is 4.35. The van der Waals surface area contributed by atoms with Gasteiger partial charge in [0.15, 0.2) is 5.82 Å². The SMILES string of the molecule is CCNc1nc(-c2ncc(Cl)cc2Cl)nc(C)c1Br. The van der Waals surface area contributed by atoms with Gasteiger partial charge >= 0.3 is 0 Å². The minimum absolute atomic E-state index is 0.427.